The van der Waals surface area contributed by atoms with Gasteiger partial charge in [0, 0.05) is 58.9 Å². The van der Waals surface area contributed by atoms with Gasteiger partial charge in [0.05, 0.1) is 0 Å². The third-order valence-electron chi connectivity index (χ3n) is 6.83. The maximum Gasteiger partial charge on any atom is 0.0492 e. The Morgan fingerprint density at radius 1 is 0.583 bits per heavy atom. The molecule has 0 saturated carbocycles. The zero-order valence-corrected chi connectivity index (χ0v) is 26.5. The van der Waals surface area contributed by atoms with Gasteiger partial charge in [-0.1, -0.05) is 20.1 Å². The van der Waals surface area contributed by atoms with E-state index >= 15 is 0 Å². The molecule has 0 heterocycles. The highest BCUT2D eigenvalue weighted by Crippen LogP contribution is 2.46. The first-order valence-electron chi connectivity index (χ1n) is 13.9. The topological polar surface area (TPSA) is 9.72 Å². The Balaban J connectivity index is 3.13. The van der Waals surface area contributed by atoms with Gasteiger partial charge in [0.1, 0.15) is 0 Å². The van der Waals surface area contributed by atoms with Crippen LogP contribution in [0.25, 0.3) is 11.1 Å². The van der Waals surface area contributed by atoms with Gasteiger partial charge in [-0.25, -0.2) is 0 Å². The molecule has 0 aliphatic heterocycles. The molecule has 0 N–H and O–H groups in total. The van der Waals surface area contributed by atoms with Crippen LogP contribution < -0.4 is 20.0 Å². The lowest BCUT2D eigenvalue weighted by Crippen LogP contribution is -2.41. The Bertz CT molecular complexity index is 910. The molecule has 0 bridgehead atoms. The third-order valence-corrected chi connectivity index (χ3v) is 8.05. The van der Waals surface area contributed by atoms with Crippen molar-refractivity contribution < 1.29 is 0 Å². The van der Waals surface area contributed by atoms with Crippen LogP contribution >= 0.6 is 7.92 Å². The zero-order valence-electron chi connectivity index (χ0n) is 25.6. The van der Waals surface area contributed by atoms with E-state index in [1.807, 2.05) is 0 Å². The minimum absolute atomic E-state index is 0.227. The van der Waals surface area contributed by atoms with Crippen LogP contribution in [0.3, 0.4) is 0 Å². The molecular weight excluding hydrogens is 457 g/mol. The van der Waals surface area contributed by atoms with Crippen molar-refractivity contribution in [2.24, 2.45) is 0 Å². The second-order valence-corrected chi connectivity index (χ2v) is 14.3. The van der Waals surface area contributed by atoms with Crippen molar-refractivity contribution in [3.8, 4) is 11.1 Å². The quantitative estimate of drug-likeness (QED) is 0.281. The monoisotopic (exact) mass is 510 g/mol. The molecule has 0 unspecified atom stereocenters. The molecule has 0 saturated heterocycles. The van der Waals surface area contributed by atoms with Crippen molar-refractivity contribution in [2.75, 3.05) is 28.0 Å². The van der Waals surface area contributed by atoms with Gasteiger partial charge in [-0.2, -0.15) is 0 Å². The lowest BCUT2D eigenvalue weighted by Gasteiger charge is -2.42. The summed E-state index contributed by atoms with van der Waals surface area (Å²) in [5.74, 6) is 0. The van der Waals surface area contributed by atoms with E-state index < -0.39 is 0 Å². The molecule has 2 rings (SSSR count). The summed E-state index contributed by atoms with van der Waals surface area (Å²) in [6, 6.07) is 17.6. The number of benzene rings is 2. The van der Waals surface area contributed by atoms with Crippen molar-refractivity contribution in [1.82, 2.24) is 0 Å². The SMILES string of the molecule is CC(C)N(c1cc(N(C(C)C)C(C)C)c(-c2cc[c]c(P(C)C)c2)c(N(C(C)C)C(C)C)c1)C(C)C. The molecule has 0 fully saturated rings. The van der Waals surface area contributed by atoms with Gasteiger partial charge in [0.15, 0.2) is 0 Å². The molecule has 0 aliphatic carbocycles. The fraction of sp³-hybridized carbons (Fsp3) is 0.625. The highest BCUT2D eigenvalue weighted by Gasteiger charge is 2.28. The maximum atomic E-state index is 3.52. The van der Waals surface area contributed by atoms with Crippen LogP contribution in [0, 0.1) is 6.07 Å². The van der Waals surface area contributed by atoms with Gasteiger partial charge in [-0.05, 0) is 132 Å². The van der Waals surface area contributed by atoms with Gasteiger partial charge in [0.2, 0.25) is 0 Å². The summed E-state index contributed by atoms with van der Waals surface area (Å²) in [6.45, 7) is 32.5. The van der Waals surface area contributed by atoms with Gasteiger partial charge >= 0.3 is 0 Å². The van der Waals surface area contributed by atoms with Gasteiger partial charge in [0.25, 0.3) is 0 Å². The van der Waals surface area contributed by atoms with Crippen molar-refractivity contribution in [3.05, 3.63) is 36.4 Å². The Morgan fingerprint density at radius 2 is 0.972 bits per heavy atom. The largest absolute Gasteiger partial charge is 0.367 e. The summed E-state index contributed by atoms with van der Waals surface area (Å²) in [4.78, 5) is 7.78. The predicted molar refractivity (Wildman–Crippen MR) is 167 cm³/mol. The second-order valence-electron chi connectivity index (χ2n) is 12.0. The summed E-state index contributed by atoms with van der Waals surface area (Å²) in [7, 11) is -0.227. The van der Waals surface area contributed by atoms with E-state index in [-0.39, 0.29) is 7.92 Å². The maximum absolute atomic E-state index is 3.52. The van der Waals surface area contributed by atoms with Crippen molar-refractivity contribution in [1.29, 1.82) is 0 Å². The average Bonchev–Trinajstić information content (AvgIpc) is 2.72. The van der Waals surface area contributed by atoms with Crippen LogP contribution in [-0.2, 0) is 0 Å². The highest BCUT2D eigenvalue weighted by molar-refractivity contribution is 7.64. The number of nitrogens with zero attached hydrogens (tertiary/aromatic N) is 3. The lowest BCUT2D eigenvalue weighted by molar-refractivity contribution is 0.594. The second kappa shape index (κ2) is 12.7. The molecule has 4 heteroatoms. The Hall–Kier alpha value is -1.73. The molecule has 0 aromatic heterocycles. The van der Waals surface area contributed by atoms with Crippen LogP contribution in [0.1, 0.15) is 83.1 Å². The van der Waals surface area contributed by atoms with Crippen molar-refractivity contribution >= 4 is 30.3 Å². The average molecular weight is 511 g/mol. The highest BCUT2D eigenvalue weighted by atomic mass is 31.1. The van der Waals surface area contributed by atoms with E-state index in [0.717, 1.165) is 0 Å². The van der Waals surface area contributed by atoms with Crippen molar-refractivity contribution in [2.45, 2.75) is 119 Å². The number of hydrogen-bond donors (Lipinski definition) is 0. The molecule has 2 aromatic rings. The molecule has 0 amide bonds. The summed E-state index contributed by atoms with van der Waals surface area (Å²) < 4.78 is 0. The summed E-state index contributed by atoms with van der Waals surface area (Å²) in [5, 5.41) is 1.33. The number of hydrogen-bond acceptors (Lipinski definition) is 3. The Kier molecular flexibility index (Phi) is 10.7. The first kappa shape index (κ1) is 30.5. The molecule has 2 aromatic carbocycles. The molecule has 201 valence electrons. The molecule has 36 heavy (non-hydrogen) atoms. The number of rotatable bonds is 11. The van der Waals surface area contributed by atoms with E-state index in [4.69, 9.17) is 0 Å². The van der Waals surface area contributed by atoms with Crippen molar-refractivity contribution in [3.63, 3.8) is 0 Å². The van der Waals surface area contributed by atoms with Gasteiger partial charge in [-0.15, -0.1) is 0 Å². The molecular formula is C32H53N3P. The fourth-order valence-electron chi connectivity index (χ4n) is 5.81. The van der Waals surface area contributed by atoms with Crippen LogP contribution in [0.5, 0.6) is 0 Å². The minimum Gasteiger partial charge on any atom is -0.367 e. The molecule has 1 radical (unpaired) electrons. The molecule has 3 nitrogen and oxygen atoms in total. The van der Waals surface area contributed by atoms with Crippen LogP contribution in [0.15, 0.2) is 30.3 Å². The fourth-order valence-corrected chi connectivity index (χ4v) is 6.54. The van der Waals surface area contributed by atoms with E-state index in [1.165, 1.54) is 33.5 Å². The smallest absolute Gasteiger partial charge is 0.0492 e. The molecule has 0 atom stereocenters. The van der Waals surface area contributed by atoms with Gasteiger partial charge < -0.3 is 14.7 Å². The zero-order chi connectivity index (χ0) is 27.5. The van der Waals surface area contributed by atoms with E-state index in [0.29, 0.717) is 36.3 Å². The lowest BCUT2D eigenvalue weighted by atomic mass is 9.95. The summed E-state index contributed by atoms with van der Waals surface area (Å²) in [5.41, 5.74) is 6.62. The third kappa shape index (κ3) is 6.77. The molecule has 0 spiro atoms. The molecule has 0 aliphatic rings. The minimum atomic E-state index is -0.227. The predicted octanol–water partition coefficient (Wildman–Crippen LogP) is 8.39. The van der Waals surface area contributed by atoms with E-state index in [2.05, 4.69) is 148 Å². The Morgan fingerprint density at radius 3 is 1.31 bits per heavy atom. The first-order chi connectivity index (χ1) is 16.7. The number of anilines is 3. The van der Waals surface area contributed by atoms with E-state index in [1.54, 1.807) is 0 Å². The van der Waals surface area contributed by atoms with Crippen LogP contribution in [0.4, 0.5) is 17.1 Å². The first-order valence-corrected chi connectivity index (χ1v) is 16.1. The standard InChI is InChI=1S/C32H53N3P/c1-21(2)33(22(3)4)28-19-30(34(23(5)6)24(7)8)32(27-16-15-17-29(18-27)36(13)14)31(20-28)35(25(9)10)26(11)12/h15-16,18-26H,1-14H3. The summed E-state index contributed by atoms with van der Waals surface area (Å²) >= 11 is 0. The van der Waals surface area contributed by atoms with Crippen LogP contribution in [-0.4, -0.2) is 49.6 Å². The summed E-state index contributed by atoms with van der Waals surface area (Å²) in [6.07, 6.45) is 0. The van der Waals surface area contributed by atoms with Gasteiger partial charge in [-0.3, -0.25) is 0 Å². The van der Waals surface area contributed by atoms with Crippen LogP contribution in [0.2, 0.25) is 0 Å². The van der Waals surface area contributed by atoms with E-state index in [9.17, 15) is 0 Å². The normalized spacial score (nSPS) is 12.2. The Labute approximate surface area is 225 Å².